The lowest BCUT2D eigenvalue weighted by molar-refractivity contribution is -0.416. The monoisotopic (exact) mass is 280 g/mol. The van der Waals surface area contributed by atoms with Crippen LogP contribution in [-0.2, 0) is 10.8 Å². The molecule has 0 aliphatic rings. The first-order valence-electron chi connectivity index (χ1n) is 4.59. The summed E-state index contributed by atoms with van der Waals surface area (Å²) in [5, 5.41) is 12.3. The van der Waals surface area contributed by atoms with Gasteiger partial charge in [0.2, 0.25) is 6.21 Å². The number of hydrogen-bond donors (Lipinski definition) is 0. The van der Waals surface area contributed by atoms with E-state index >= 15 is 0 Å². The molecule has 0 saturated heterocycles. The van der Waals surface area contributed by atoms with Gasteiger partial charge in [0.15, 0.2) is 4.34 Å². The first-order chi connectivity index (χ1) is 7.99. The van der Waals surface area contributed by atoms with Gasteiger partial charge in [0.05, 0.1) is 10.8 Å². The maximum Gasteiger partial charge on any atom is 0.266 e. The zero-order valence-electron chi connectivity index (χ0n) is 8.93. The molecule has 0 N–H and O–H groups in total. The van der Waals surface area contributed by atoms with E-state index in [-0.39, 0.29) is 12.2 Å². The average Bonchev–Trinajstić information content (AvgIpc) is 2.64. The minimum atomic E-state index is -1.77. The first-order valence-corrected chi connectivity index (χ1v) is 6.79. The summed E-state index contributed by atoms with van der Waals surface area (Å²) in [7, 11) is -0.0946. The van der Waals surface area contributed by atoms with E-state index in [2.05, 4.69) is 4.98 Å². The third-order valence-electron chi connectivity index (χ3n) is 1.61. The van der Waals surface area contributed by atoms with Crippen molar-refractivity contribution in [3.05, 3.63) is 28.4 Å². The van der Waals surface area contributed by atoms with Crippen molar-refractivity contribution in [2.75, 3.05) is 12.8 Å². The number of hydroxylamine groups is 1. The fourth-order valence-corrected chi connectivity index (χ4v) is 3.01. The molecular weight excluding hydrogens is 270 g/mol. The van der Waals surface area contributed by atoms with Gasteiger partial charge in [-0.05, 0) is 12.5 Å². The molecule has 4 nitrogen and oxygen atoms in total. The lowest BCUT2D eigenvalue weighted by Gasteiger charge is -1.94. The molecule has 0 aromatic carbocycles. The largest absolute Gasteiger partial charge is 0.624 e. The van der Waals surface area contributed by atoms with Crippen LogP contribution >= 0.6 is 11.3 Å². The fourth-order valence-electron chi connectivity index (χ4n) is 0.981. The molecular formula is C9H10F2N2O2S2. The van der Waals surface area contributed by atoms with Crippen LogP contribution in [0.3, 0.4) is 0 Å². The number of rotatable bonds is 5. The van der Waals surface area contributed by atoms with Crippen molar-refractivity contribution in [3.63, 3.8) is 0 Å². The Morgan fingerprint density at radius 1 is 1.71 bits per heavy atom. The van der Waals surface area contributed by atoms with E-state index in [0.717, 1.165) is 17.4 Å². The summed E-state index contributed by atoms with van der Waals surface area (Å²) in [6.07, 6.45) is 0.236. The van der Waals surface area contributed by atoms with Crippen LogP contribution in [0.2, 0.25) is 0 Å². The van der Waals surface area contributed by atoms with Crippen LogP contribution in [0.1, 0.15) is 12.1 Å². The molecule has 94 valence electrons. The van der Waals surface area contributed by atoms with Crippen LogP contribution in [0.5, 0.6) is 0 Å². The molecule has 1 aromatic heterocycles. The zero-order valence-corrected chi connectivity index (χ0v) is 10.6. The van der Waals surface area contributed by atoms with Gasteiger partial charge >= 0.3 is 0 Å². The Balaban J connectivity index is 2.61. The minimum absolute atomic E-state index is 0.0367. The van der Waals surface area contributed by atoms with Crippen molar-refractivity contribution < 1.29 is 17.7 Å². The quantitative estimate of drug-likeness (QED) is 0.359. The number of halogens is 2. The van der Waals surface area contributed by atoms with E-state index < -0.39 is 16.9 Å². The van der Waals surface area contributed by atoms with Crippen LogP contribution in [0.25, 0.3) is 0 Å². The van der Waals surface area contributed by atoms with Crippen LogP contribution in [0.4, 0.5) is 8.78 Å². The highest BCUT2D eigenvalue weighted by Gasteiger charge is 2.09. The molecule has 1 aromatic rings. The second-order valence-corrected chi connectivity index (χ2v) is 5.65. The highest BCUT2D eigenvalue weighted by atomic mass is 32.2. The molecule has 0 radical (unpaired) electrons. The second-order valence-electron chi connectivity index (χ2n) is 3.05. The van der Waals surface area contributed by atoms with Gasteiger partial charge in [-0.1, -0.05) is 0 Å². The standard InChI is InChI=1S/C9H10F2N2O2S2/c1-13(14)5-7-6-16-9(12-7)17(15)4-2-3-8(10)11/h3,5-6H,2,4H2,1H3/b13-5-. The SMILES string of the molecule is C/[N+]([O-])=C/c1csc(S(=O)CCC=C(F)F)n1. The van der Waals surface area contributed by atoms with E-state index in [1.54, 1.807) is 5.38 Å². The zero-order chi connectivity index (χ0) is 12.8. The molecule has 1 unspecified atom stereocenters. The molecule has 0 aliphatic carbocycles. The Morgan fingerprint density at radius 2 is 2.41 bits per heavy atom. The van der Waals surface area contributed by atoms with Gasteiger partial charge < -0.3 is 5.21 Å². The number of hydrogen-bond acceptors (Lipinski definition) is 4. The van der Waals surface area contributed by atoms with Gasteiger partial charge in [-0.25, -0.2) is 9.72 Å². The molecule has 0 spiro atoms. The topological polar surface area (TPSA) is 56.0 Å². The van der Waals surface area contributed by atoms with Crippen molar-refractivity contribution >= 4 is 28.4 Å². The maximum atomic E-state index is 11.7. The van der Waals surface area contributed by atoms with Gasteiger partial charge in [0.25, 0.3) is 6.08 Å². The lowest BCUT2D eigenvalue weighted by atomic mass is 10.5. The summed E-state index contributed by atoms with van der Waals surface area (Å²) in [6, 6.07) is 0. The average molecular weight is 280 g/mol. The minimum Gasteiger partial charge on any atom is -0.624 e. The molecule has 1 rings (SSSR count). The summed E-state index contributed by atoms with van der Waals surface area (Å²) >= 11 is 1.14. The normalized spacial score (nSPS) is 13.5. The molecule has 0 amide bonds. The van der Waals surface area contributed by atoms with Crippen molar-refractivity contribution in [3.8, 4) is 0 Å². The fraction of sp³-hybridized carbons (Fsp3) is 0.333. The number of allylic oxidation sites excluding steroid dienone is 1. The molecule has 0 bridgehead atoms. The van der Waals surface area contributed by atoms with Gasteiger partial charge in [-0.15, -0.1) is 11.3 Å². The molecule has 1 atom stereocenters. The second kappa shape index (κ2) is 6.55. The first kappa shape index (κ1) is 13.9. The Hall–Kier alpha value is -1.15. The highest BCUT2D eigenvalue weighted by molar-refractivity contribution is 7.87. The lowest BCUT2D eigenvalue weighted by Crippen LogP contribution is -2.00. The predicted molar refractivity (Wildman–Crippen MR) is 63.0 cm³/mol. The molecule has 1 heterocycles. The summed E-state index contributed by atoms with van der Waals surface area (Å²) in [6.45, 7) is 0. The van der Waals surface area contributed by atoms with Crippen molar-refractivity contribution in [1.82, 2.24) is 4.98 Å². The maximum absolute atomic E-state index is 11.7. The number of nitrogens with zero attached hydrogens (tertiary/aromatic N) is 2. The molecule has 0 fully saturated rings. The van der Waals surface area contributed by atoms with Gasteiger partial charge in [-0.2, -0.15) is 8.78 Å². The van der Waals surface area contributed by atoms with E-state index in [4.69, 9.17) is 0 Å². The van der Waals surface area contributed by atoms with Crippen molar-refractivity contribution in [2.45, 2.75) is 10.8 Å². The van der Waals surface area contributed by atoms with E-state index in [0.29, 0.717) is 14.8 Å². The summed E-state index contributed by atoms with van der Waals surface area (Å²) in [4.78, 5) is 3.96. The number of thiazole rings is 1. The van der Waals surface area contributed by atoms with Crippen LogP contribution < -0.4 is 0 Å². The van der Waals surface area contributed by atoms with Crippen LogP contribution in [-0.4, -0.2) is 32.9 Å². The molecule has 8 heteroatoms. The van der Waals surface area contributed by atoms with Crippen molar-refractivity contribution in [1.29, 1.82) is 0 Å². The third kappa shape index (κ3) is 5.14. The van der Waals surface area contributed by atoms with E-state index in [1.165, 1.54) is 13.3 Å². The Labute approximate surface area is 103 Å². The Bertz CT molecular complexity index is 463. The Kier molecular flexibility index (Phi) is 5.36. The summed E-state index contributed by atoms with van der Waals surface area (Å²) in [5.41, 5.74) is 0.420. The molecule has 0 aliphatic heterocycles. The third-order valence-corrected chi connectivity index (χ3v) is 4.20. The smallest absolute Gasteiger partial charge is 0.266 e. The van der Waals surface area contributed by atoms with Gasteiger partial charge in [-0.3, -0.25) is 4.21 Å². The van der Waals surface area contributed by atoms with E-state index in [9.17, 15) is 18.2 Å². The Morgan fingerprint density at radius 3 is 3.00 bits per heavy atom. The molecule has 17 heavy (non-hydrogen) atoms. The summed E-state index contributed by atoms with van der Waals surface area (Å²) < 4.78 is 36.0. The van der Waals surface area contributed by atoms with E-state index in [1.807, 2.05) is 0 Å². The van der Waals surface area contributed by atoms with Crippen LogP contribution in [0.15, 0.2) is 21.9 Å². The van der Waals surface area contributed by atoms with Crippen molar-refractivity contribution in [2.24, 2.45) is 0 Å². The molecule has 0 saturated carbocycles. The number of aromatic nitrogens is 1. The van der Waals surface area contributed by atoms with Crippen LogP contribution in [0, 0.1) is 5.21 Å². The summed E-state index contributed by atoms with van der Waals surface area (Å²) in [5.74, 6) is 0.0947. The highest BCUT2D eigenvalue weighted by Crippen LogP contribution is 2.14. The van der Waals surface area contributed by atoms with Gasteiger partial charge in [0.1, 0.15) is 12.7 Å². The van der Waals surface area contributed by atoms with Gasteiger partial charge in [0, 0.05) is 11.1 Å². The predicted octanol–water partition coefficient (Wildman–Crippen LogP) is 1.98.